The molecule has 35 heavy (non-hydrogen) atoms. The van der Waals surface area contributed by atoms with Gasteiger partial charge in [-0.2, -0.15) is 0 Å². The number of hydrogen-bond donors (Lipinski definition) is 1. The molecule has 0 atom stereocenters. The average Bonchev–Trinajstić information content (AvgIpc) is 3.07. The van der Waals surface area contributed by atoms with Gasteiger partial charge >= 0.3 is 5.97 Å². The molecule has 1 aliphatic heterocycles. The number of thioether (sulfide) groups is 1. The average molecular weight is 610 g/mol. The Hall–Kier alpha value is -3.06. The van der Waals surface area contributed by atoms with E-state index in [9.17, 15) is 19.2 Å². The fourth-order valence-corrected chi connectivity index (χ4v) is 4.65. The number of ether oxygens (including phenoxy) is 3. The summed E-state index contributed by atoms with van der Waals surface area (Å²) in [7, 11) is 1.27. The molecule has 0 unspecified atom stereocenters. The van der Waals surface area contributed by atoms with Crippen LogP contribution in [-0.2, 0) is 19.1 Å². The van der Waals surface area contributed by atoms with Crippen LogP contribution in [0.4, 0.5) is 10.5 Å². The molecule has 0 aliphatic carbocycles. The molecule has 1 heterocycles. The van der Waals surface area contributed by atoms with Crippen LogP contribution in [0.1, 0.15) is 18.1 Å². The Labute approximate surface area is 220 Å². The minimum absolute atomic E-state index is 0.180. The molecule has 0 aromatic heterocycles. The summed E-state index contributed by atoms with van der Waals surface area (Å²) in [5.41, 5.74) is 2.22. The largest absolute Gasteiger partial charge is 0.490 e. The van der Waals surface area contributed by atoms with Gasteiger partial charge in [0, 0.05) is 5.69 Å². The minimum atomic E-state index is -0.557. The lowest BCUT2D eigenvalue weighted by molar-refractivity contribution is -0.143. The predicted octanol–water partition coefficient (Wildman–Crippen LogP) is 4.23. The topological polar surface area (TPSA) is 111 Å². The fraction of sp³-hybridized carbons (Fsp3) is 0.250. The highest BCUT2D eigenvalue weighted by Gasteiger charge is 2.36. The number of anilines is 1. The number of methoxy groups -OCH3 is 1. The molecule has 2 aromatic carbocycles. The molecule has 1 saturated heterocycles. The van der Waals surface area contributed by atoms with E-state index in [0.717, 1.165) is 22.2 Å². The SMILES string of the molecule is CCOc1cc(/C=C2/SC(=O)N(CC(=O)Nc3ccc(C)cc3)C2=O)cc(I)c1OCC(=O)OC. The van der Waals surface area contributed by atoms with Crippen molar-refractivity contribution in [2.75, 3.05) is 32.2 Å². The second kappa shape index (κ2) is 12.1. The lowest BCUT2D eigenvalue weighted by atomic mass is 10.2. The first-order chi connectivity index (χ1) is 16.7. The van der Waals surface area contributed by atoms with Gasteiger partial charge in [0.05, 0.1) is 22.2 Å². The lowest BCUT2D eigenvalue weighted by Crippen LogP contribution is -2.36. The minimum Gasteiger partial charge on any atom is -0.490 e. The number of imide groups is 1. The molecule has 0 radical (unpaired) electrons. The van der Waals surface area contributed by atoms with E-state index in [-0.39, 0.29) is 11.5 Å². The zero-order valence-corrected chi connectivity index (χ0v) is 22.2. The number of esters is 1. The van der Waals surface area contributed by atoms with Crippen molar-refractivity contribution < 1.29 is 33.4 Å². The van der Waals surface area contributed by atoms with E-state index in [1.165, 1.54) is 7.11 Å². The number of hydrogen-bond acceptors (Lipinski definition) is 8. The zero-order valence-electron chi connectivity index (χ0n) is 19.3. The number of carbonyl (C=O) groups is 4. The number of nitrogens with zero attached hydrogens (tertiary/aromatic N) is 1. The number of rotatable bonds is 9. The van der Waals surface area contributed by atoms with E-state index < -0.39 is 29.6 Å². The second-order valence-corrected chi connectivity index (χ2v) is 9.47. The van der Waals surface area contributed by atoms with E-state index in [1.807, 2.05) is 41.6 Å². The number of benzene rings is 2. The summed E-state index contributed by atoms with van der Waals surface area (Å²) in [6, 6.07) is 10.6. The summed E-state index contributed by atoms with van der Waals surface area (Å²) in [4.78, 5) is 50.2. The highest BCUT2D eigenvalue weighted by molar-refractivity contribution is 14.1. The molecule has 11 heteroatoms. The molecule has 184 valence electrons. The van der Waals surface area contributed by atoms with Crippen molar-refractivity contribution in [3.8, 4) is 11.5 Å². The molecule has 9 nitrogen and oxygen atoms in total. The third-order valence-electron chi connectivity index (χ3n) is 4.70. The van der Waals surface area contributed by atoms with Crippen molar-refractivity contribution >= 4 is 69.1 Å². The van der Waals surface area contributed by atoms with Crippen LogP contribution in [0, 0.1) is 10.5 Å². The molecule has 0 spiro atoms. The van der Waals surface area contributed by atoms with Gasteiger partial charge in [0.25, 0.3) is 11.1 Å². The molecule has 1 aliphatic rings. The summed E-state index contributed by atoms with van der Waals surface area (Å²) in [5, 5.41) is 2.15. The third-order valence-corrected chi connectivity index (χ3v) is 6.41. The maximum absolute atomic E-state index is 12.9. The van der Waals surface area contributed by atoms with Crippen LogP contribution < -0.4 is 14.8 Å². The molecule has 3 amide bonds. The van der Waals surface area contributed by atoms with Crippen molar-refractivity contribution in [3.05, 3.63) is 56.0 Å². The van der Waals surface area contributed by atoms with Crippen LogP contribution in [-0.4, -0.2) is 54.8 Å². The second-order valence-electron chi connectivity index (χ2n) is 7.31. The number of aryl methyl sites for hydroxylation is 1. The lowest BCUT2D eigenvalue weighted by Gasteiger charge is -2.14. The van der Waals surface area contributed by atoms with E-state index in [2.05, 4.69) is 10.1 Å². The first-order valence-electron chi connectivity index (χ1n) is 10.5. The van der Waals surface area contributed by atoms with Gasteiger partial charge in [-0.25, -0.2) is 4.79 Å². The van der Waals surface area contributed by atoms with Gasteiger partial charge in [-0.3, -0.25) is 19.3 Å². The Balaban J connectivity index is 1.75. The third kappa shape index (κ3) is 6.98. The number of nitrogens with one attached hydrogen (secondary N) is 1. The van der Waals surface area contributed by atoms with Crippen LogP contribution >= 0.6 is 34.4 Å². The quantitative estimate of drug-likeness (QED) is 0.255. The summed E-state index contributed by atoms with van der Waals surface area (Å²) in [6.07, 6.45) is 1.55. The highest BCUT2D eigenvalue weighted by Crippen LogP contribution is 2.37. The summed E-state index contributed by atoms with van der Waals surface area (Å²) in [6.45, 7) is 3.41. The molecular weight excluding hydrogens is 587 g/mol. The molecule has 3 rings (SSSR count). The number of amides is 3. The van der Waals surface area contributed by atoms with Gasteiger partial charge in [-0.15, -0.1) is 0 Å². The van der Waals surface area contributed by atoms with Crippen molar-refractivity contribution in [2.45, 2.75) is 13.8 Å². The molecular formula is C24H23IN2O7S. The summed E-state index contributed by atoms with van der Waals surface area (Å²) >= 11 is 2.79. The van der Waals surface area contributed by atoms with E-state index in [1.54, 1.807) is 37.3 Å². The predicted molar refractivity (Wildman–Crippen MR) is 140 cm³/mol. The van der Waals surface area contributed by atoms with Crippen LogP contribution in [0.3, 0.4) is 0 Å². The first-order valence-corrected chi connectivity index (χ1v) is 12.4. The summed E-state index contributed by atoms with van der Waals surface area (Å²) in [5.74, 6) is -0.815. The monoisotopic (exact) mass is 610 g/mol. The van der Waals surface area contributed by atoms with Gasteiger partial charge in [0.15, 0.2) is 18.1 Å². The fourth-order valence-electron chi connectivity index (χ4n) is 3.03. The normalized spacial score (nSPS) is 14.3. The first kappa shape index (κ1) is 26.5. The zero-order chi connectivity index (χ0) is 25.5. The van der Waals surface area contributed by atoms with Gasteiger partial charge in [-0.05, 0) is 84.1 Å². The van der Waals surface area contributed by atoms with Crippen LogP contribution in [0.25, 0.3) is 6.08 Å². The Kier molecular flexibility index (Phi) is 9.15. The maximum Gasteiger partial charge on any atom is 0.343 e. The van der Waals surface area contributed by atoms with Gasteiger partial charge in [0.1, 0.15) is 6.54 Å². The molecule has 1 fully saturated rings. The van der Waals surface area contributed by atoms with Crippen molar-refractivity contribution in [3.63, 3.8) is 0 Å². The molecule has 0 bridgehead atoms. The molecule has 1 N–H and O–H groups in total. The van der Waals surface area contributed by atoms with E-state index in [4.69, 9.17) is 9.47 Å². The Morgan fingerprint density at radius 3 is 2.51 bits per heavy atom. The number of halogens is 1. The molecule has 0 saturated carbocycles. The maximum atomic E-state index is 12.9. The Bertz CT molecular complexity index is 1180. The smallest absolute Gasteiger partial charge is 0.343 e. The summed E-state index contributed by atoms with van der Waals surface area (Å²) < 4.78 is 16.4. The van der Waals surface area contributed by atoms with Crippen LogP contribution in [0.15, 0.2) is 41.3 Å². The van der Waals surface area contributed by atoms with Gasteiger partial charge in [0.2, 0.25) is 5.91 Å². The van der Waals surface area contributed by atoms with E-state index in [0.29, 0.717) is 32.9 Å². The highest BCUT2D eigenvalue weighted by atomic mass is 127. The standard InChI is InChI=1S/C24H23IN2O7S/c1-4-33-18-10-15(9-17(25)22(18)34-13-21(29)32-3)11-19-23(30)27(24(31)35-19)12-20(28)26-16-7-5-14(2)6-8-16/h5-11H,4,12-13H2,1-3H3,(H,26,28)/b19-11+. The van der Waals surface area contributed by atoms with Crippen LogP contribution in [0.5, 0.6) is 11.5 Å². The van der Waals surface area contributed by atoms with Crippen molar-refractivity contribution in [1.29, 1.82) is 0 Å². The Morgan fingerprint density at radius 1 is 1.14 bits per heavy atom. The van der Waals surface area contributed by atoms with Gasteiger partial charge in [-0.1, -0.05) is 17.7 Å². The molecule has 2 aromatic rings. The number of carbonyl (C=O) groups excluding carboxylic acids is 4. The van der Waals surface area contributed by atoms with E-state index >= 15 is 0 Å². The van der Waals surface area contributed by atoms with Crippen molar-refractivity contribution in [1.82, 2.24) is 4.90 Å². The van der Waals surface area contributed by atoms with Crippen molar-refractivity contribution in [2.24, 2.45) is 0 Å². The van der Waals surface area contributed by atoms with Gasteiger partial charge < -0.3 is 19.5 Å². The Morgan fingerprint density at radius 2 is 1.86 bits per heavy atom. The van der Waals surface area contributed by atoms with Crippen LogP contribution in [0.2, 0.25) is 0 Å².